The van der Waals surface area contributed by atoms with Gasteiger partial charge in [0, 0.05) is 17.5 Å². The number of nitrogens with zero attached hydrogens (tertiary/aromatic N) is 3. The van der Waals surface area contributed by atoms with Gasteiger partial charge >= 0.3 is 0 Å². The molecule has 0 radical (unpaired) electrons. The lowest BCUT2D eigenvalue weighted by molar-refractivity contribution is 0.387. The number of imidazole rings is 1. The Labute approximate surface area is 112 Å². The Morgan fingerprint density at radius 1 is 1.47 bits per heavy atom. The number of anilines is 1. The number of hydrogen-bond donors (Lipinski definition) is 1. The number of nitrogen functional groups attached to an aromatic ring is 1. The van der Waals surface area contributed by atoms with E-state index in [4.69, 9.17) is 10.5 Å². The van der Waals surface area contributed by atoms with Crippen LogP contribution < -0.4 is 10.5 Å². The highest BCUT2D eigenvalue weighted by Crippen LogP contribution is 2.26. The van der Waals surface area contributed by atoms with E-state index in [1.54, 1.807) is 16.1 Å². The predicted octanol–water partition coefficient (Wildman–Crippen LogP) is 2.27. The van der Waals surface area contributed by atoms with Crippen LogP contribution in [0.25, 0.3) is 11.0 Å². The molecule has 0 fully saturated rings. The molecular weight excluding hydrogens is 267 g/mol. The van der Waals surface area contributed by atoms with Gasteiger partial charge in [0.2, 0.25) is 5.95 Å². The maximum Gasteiger partial charge on any atom is 0.201 e. The summed E-state index contributed by atoms with van der Waals surface area (Å²) < 4.78 is 20.4. The summed E-state index contributed by atoms with van der Waals surface area (Å²) >= 11 is 1.51. The van der Waals surface area contributed by atoms with Crippen LogP contribution >= 0.6 is 11.3 Å². The Balaban J connectivity index is 2.15. The number of halogens is 1. The molecule has 0 unspecified atom stereocenters. The maximum atomic E-state index is 13.6. The van der Waals surface area contributed by atoms with E-state index in [9.17, 15) is 4.39 Å². The highest BCUT2D eigenvalue weighted by atomic mass is 32.1. The first kappa shape index (κ1) is 11.9. The van der Waals surface area contributed by atoms with E-state index < -0.39 is 5.82 Å². The minimum atomic E-state index is -0.451. The zero-order chi connectivity index (χ0) is 13.4. The van der Waals surface area contributed by atoms with Gasteiger partial charge in [-0.1, -0.05) is 0 Å². The van der Waals surface area contributed by atoms with Crippen LogP contribution in [0.15, 0.2) is 23.0 Å². The quantitative estimate of drug-likeness (QED) is 0.798. The minimum absolute atomic E-state index is 0.173. The number of benzene rings is 1. The predicted molar refractivity (Wildman–Crippen MR) is 71.9 cm³/mol. The summed E-state index contributed by atoms with van der Waals surface area (Å²) in [6.45, 7) is 0.501. The van der Waals surface area contributed by atoms with Crippen molar-refractivity contribution >= 4 is 28.3 Å². The minimum Gasteiger partial charge on any atom is -0.494 e. The van der Waals surface area contributed by atoms with Crippen molar-refractivity contribution in [2.24, 2.45) is 0 Å². The van der Waals surface area contributed by atoms with Gasteiger partial charge in [-0.05, 0) is 0 Å². The summed E-state index contributed by atoms with van der Waals surface area (Å²) in [4.78, 5) is 8.36. The van der Waals surface area contributed by atoms with Crippen LogP contribution in [0.4, 0.5) is 10.3 Å². The van der Waals surface area contributed by atoms with Gasteiger partial charge in [0.1, 0.15) is 0 Å². The molecule has 2 aromatic heterocycles. The molecule has 0 saturated carbocycles. The molecule has 0 amide bonds. The van der Waals surface area contributed by atoms with Crippen molar-refractivity contribution in [3.05, 3.63) is 34.5 Å². The van der Waals surface area contributed by atoms with E-state index in [0.717, 1.165) is 11.2 Å². The standard InChI is InChI=1S/C12H11FN4OS/c1-18-11-3-10-9(2-8(11)13)16-12(14)17(10)4-7-5-19-6-15-7/h2-3,5-6H,4H2,1H3,(H2,14,16). The molecule has 0 aliphatic carbocycles. The molecule has 1 aromatic carbocycles. The molecule has 2 N–H and O–H groups in total. The van der Waals surface area contributed by atoms with Gasteiger partial charge in [-0.25, -0.2) is 14.4 Å². The normalized spacial score (nSPS) is 11.1. The fourth-order valence-electron chi connectivity index (χ4n) is 1.95. The Hall–Kier alpha value is -2.15. The van der Waals surface area contributed by atoms with Crippen molar-refractivity contribution in [1.29, 1.82) is 0 Å². The van der Waals surface area contributed by atoms with Crippen molar-refractivity contribution < 1.29 is 9.13 Å². The number of methoxy groups -OCH3 is 1. The molecule has 5 nitrogen and oxygen atoms in total. The highest BCUT2D eigenvalue weighted by molar-refractivity contribution is 7.07. The molecule has 0 aliphatic heterocycles. The first-order valence-electron chi connectivity index (χ1n) is 5.55. The fraction of sp³-hybridized carbons (Fsp3) is 0.167. The Bertz CT molecular complexity index is 723. The van der Waals surface area contributed by atoms with E-state index in [2.05, 4.69) is 9.97 Å². The molecule has 7 heteroatoms. The van der Waals surface area contributed by atoms with Crippen molar-refractivity contribution in [3.8, 4) is 5.75 Å². The van der Waals surface area contributed by atoms with Crippen molar-refractivity contribution in [3.63, 3.8) is 0 Å². The highest BCUT2D eigenvalue weighted by Gasteiger charge is 2.13. The van der Waals surface area contributed by atoms with Crippen LogP contribution in [0.2, 0.25) is 0 Å². The van der Waals surface area contributed by atoms with Gasteiger partial charge in [-0.3, -0.25) is 0 Å². The van der Waals surface area contributed by atoms with Crippen LogP contribution in [-0.4, -0.2) is 21.6 Å². The number of rotatable bonds is 3. The monoisotopic (exact) mass is 278 g/mol. The number of nitrogens with two attached hydrogens (primary N) is 1. The summed E-state index contributed by atoms with van der Waals surface area (Å²) in [5, 5.41) is 1.94. The summed E-state index contributed by atoms with van der Waals surface area (Å²) in [6, 6.07) is 2.92. The number of fused-ring (bicyclic) bond motifs is 1. The van der Waals surface area contributed by atoms with Crippen molar-refractivity contribution in [2.75, 3.05) is 12.8 Å². The van der Waals surface area contributed by atoms with E-state index in [0.29, 0.717) is 18.0 Å². The smallest absolute Gasteiger partial charge is 0.201 e. The van der Waals surface area contributed by atoms with E-state index in [1.165, 1.54) is 24.5 Å². The average molecular weight is 278 g/mol. The van der Waals surface area contributed by atoms with E-state index in [1.807, 2.05) is 5.38 Å². The molecule has 98 valence electrons. The fourth-order valence-corrected chi connectivity index (χ4v) is 2.49. The van der Waals surface area contributed by atoms with Crippen molar-refractivity contribution in [1.82, 2.24) is 14.5 Å². The lowest BCUT2D eigenvalue weighted by Crippen LogP contribution is -2.04. The molecule has 3 aromatic rings. The lowest BCUT2D eigenvalue weighted by atomic mass is 10.3. The number of aromatic nitrogens is 3. The van der Waals surface area contributed by atoms with Crippen LogP contribution in [0, 0.1) is 5.82 Å². The third-order valence-corrected chi connectivity index (χ3v) is 3.49. The summed E-state index contributed by atoms with van der Waals surface area (Å²) in [6.07, 6.45) is 0. The van der Waals surface area contributed by atoms with Gasteiger partial charge in [0.15, 0.2) is 11.6 Å². The second kappa shape index (κ2) is 4.51. The molecule has 3 rings (SSSR count). The van der Waals surface area contributed by atoms with Gasteiger partial charge in [0.25, 0.3) is 0 Å². The molecule has 0 atom stereocenters. The molecule has 19 heavy (non-hydrogen) atoms. The summed E-state index contributed by atoms with van der Waals surface area (Å²) in [5.41, 5.74) is 9.75. The number of hydrogen-bond acceptors (Lipinski definition) is 5. The van der Waals surface area contributed by atoms with Crippen molar-refractivity contribution in [2.45, 2.75) is 6.54 Å². The molecule has 0 aliphatic rings. The first-order valence-corrected chi connectivity index (χ1v) is 6.49. The Morgan fingerprint density at radius 2 is 2.32 bits per heavy atom. The van der Waals surface area contributed by atoms with Crippen LogP contribution in [0.5, 0.6) is 5.75 Å². The Morgan fingerprint density at radius 3 is 3.00 bits per heavy atom. The largest absolute Gasteiger partial charge is 0.494 e. The summed E-state index contributed by atoms with van der Waals surface area (Å²) in [7, 11) is 1.43. The average Bonchev–Trinajstić information content (AvgIpc) is 2.98. The molecular formula is C12H11FN4OS. The number of ether oxygens (including phenoxy) is 1. The van der Waals surface area contributed by atoms with Crippen LogP contribution in [0.3, 0.4) is 0 Å². The third kappa shape index (κ3) is 2.01. The maximum absolute atomic E-state index is 13.6. The molecule has 0 spiro atoms. The van der Waals surface area contributed by atoms with Gasteiger partial charge < -0.3 is 15.0 Å². The lowest BCUT2D eigenvalue weighted by Gasteiger charge is -2.06. The number of thiazole rings is 1. The zero-order valence-electron chi connectivity index (χ0n) is 10.1. The molecule has 2 heterocycles. The van der Waals surface area contributed by atoms with Crippen LogP contribution in [0.1, 0.15) is 5.69 Å². The second-order valence-corrected chi connectivity index (χ2v) is 4.73. The second-order valence-electron chi connectivity index (χ2n) is 4.01. The van der Waals surface area contributed by atoms with Gasteiger partial charge in [-0.15, -0.1) is 11.3 Å². The topological polar surface area (TPSA) is 66.0 Å². The molecule has 0 bridgehead atoms. The molecule has 0 saturated heterocycles. The zero-order valence-corrected chi connectivity index (χ0v) is 10.9. The first-order chi connectivity index (χ1) is 9.19. The third-order valence-electron chi connectivity index (χ3n) is 2.85. The van der Waals surface area contributed by atoms with Gasteiger partial charge in [0.05, 0.1) is 35.9 Å². The van der Waals surface area contributed by atoms with Gasteiger partial charge in [-0.2, -0.15) is 0 Å². The Kier molecular flexibility index (Phi) is 2.83. The SMILES string of the molecule is COc1cc2c(cc1F)nc(N)n2Cc1cscn1. The van der Waals surface area contributed by atoms with E-state index >= 15 is 0 Å². The van der Waals surface area contributed by atoms with Crippen LogP contribution in [-0.2, 0) is 6.54 Å². The summed E-state index contributed by atoms with van der Waals surface area (Å²) in [5.74, 6) is 0.0517. The van der Waals surface area contributed by atoms with E-state index in [-0.39, 0.29) is 5.75 Å².